The van der Waals surface area contributed by atoms with E-state index in [1.54, 1.807) is 0 Å². The van der Waals surface area contributed by atoms with E-state index in [4.69, 9.17) is 10.5 Å². The summed E-state index contributed by atoms with van der Waals surface area (Å²) in [6.45, 7) is 4.00. The predicted octanol–water partition coefficient (Wildman–Crippen LogP) is 2.29. The van der Waals surface area contributed by atoms with Crippen LogP contribution in [-0.2, 0) is 5.60 Å². The van der Waals surface area contributed by atoms with Gasteiger partial charge in [-0.3, -0.25) is 0 Å². The molecule has 0 amide bonds. The van der Waals surface area contributed by atoms with Gasteiger partial charge in [0.25, 0.3) is 0 Å². The van der Waals surface area contributed by atoms with Crippen molar-refractivity contribution in [3.63, 3.8) is 0 Å². The number of H-pyrrole nitrogens is 1. The molecule has 3 N–H and O–H groups in total. The fourth-order valence-corrected chi connectivity index (χ4v) is 2.10. The van der Waals surface area contributed by atoms with Crippen LogP contribution in [-0.4, -0.2) is 9.97 Å². The van der Waals surface area contributed by atoms with Crippen molar-refractivity contribution in [2.45, 2.75) is 19.4 Å². The molecule has 0 bridgehead atoms. The molecule has 0 unspecified atom stereocenters. The molecule has 0 aliphatic carbocycles. The molecule has 16 heavy (non-hydrogen) atoms. The van der Waals surface area contributed by atoms with Crippen molar-refractivity contribution in [2.24, 2.45) is 0 Å². The molecule has 2 heterocycles. The van der Waals surface area contributed by atoms with Gasteiger partial charge in [-0.15, -0.1) is 0 Å². The van der Waals surface area contributed by atoms with E-state index in [-0.39, 0.29) is 0 Å². The van der Waals surface area contributed by atoms with Crippen LogP contribution >= 0.6 is 0 Å². The number of hydrogen-bond acceptors (Lipinski definition) is 3. The molecule has 0 saturated carbocycles. The smallest absolute Gasteiger partial charge is 0.198 e. The van der Waals surface area contributed by atoms with Gasteiger partial charge < -0.3 is 15.5 Å². The van der Waals surface area contributed by atoms with Crippen molar-refractivity contribution in [1.29, 1.82) is 0 Å². The van der Waals surface area contributed by atoms with Crippen LogP contribution in [0.5, 0.6) is 5.75 Å². The molecule has 4 heteroatoms. The normalized spacial score (nSPS) is 16.1. The van der Waals surface area contributed by atoms with Crippen LogP contribution in [0.2, 0.25) is 0 Å². The van der Waals surface area contributed by atoms with Crippen LogP contribution in [0, 0.1) is 0 Å². The van der Waals surface area contributed by atoms with E-state index in [2.05, 4.69) is 9.97 Å². The molecule has 0 spiro atoms. The molecular formula is C12H13N3O. The molecule has 0 fully saturated rings. The third-order valence-electron chi connectivity index (χ3n) is 2.83. The number of rotatable bonds is 0. The maximum absolute atomic E-state index is 5.93. The van der Waals surface area contributed by atoms with Gasteiger partial charge in [0.2, 0.25) is 0 Å². The minimum Gasteiger partial charge on any atom is -0.481 e. The Morgan fingerprint density at radius 2 is 2.06 bits per heavy atom. The Labute approximate surface area is 93.5 Å². The number of ether oxygens (including phenoxy) is 1. The number of aromatic amines is 1. The van der Waals surface area contributed by atoms with Gasteiger partial charge in [-0.25, -0.2) is 4.98 Å². The Balaban J connectivity index is 2.33. The summed E-state index contributed by atoms with van der Waals surface area (Å²) in [5, 5.41) is 0. The Bertz CT molecular complexity index is 557. The number of imidazole rings is 1. The second-order valence-electron chi connectivity index (χ2n) is 4.45. The quantitative estimate of drug-likeness (QED) is 0.708. The van der Waals surface area contributed by atoms with Gasteiger partial charge >= 0.3 is 0 Å². The number of fused-ring (bicyclic) bond motifs is 3. The fourth-order valence-electron chi connectivity index (χ4n) is 2.10. The minimum atomic E-state index is -0.422. The lowest BCUT2D eigenvalue weighted by atomic mass is 9.95. The van der Waals surface area contributed by atoms with E-state index >= 15 is 0 Å². The van der Waals surface area contributed by atoms with Gasteiger partial charge in [0.15, 0.2) is 5.95 Å². The van der Waals surface area contributed by atoms with Gasteiger partial charge in [-0.1, -0.05) is 12.1 Å². The van der Waals surface area contributed by atoms with E-state index in [0.717, 1.165) is 22.7 Å². The number of nitrogens with zero attached hydrogens (tertiary/aromatic N) is 1. The first kappa shape index (κ1) is 9.27. The van der Waals surface area contributed by atoms with Crippen LogP contribution in [0.1, 0.15) is 19.5 Å². The van der Waals surface area contributed by atoms with Crippen LogP contribution in [0.3, 0.4) is 0 Å². The lowest BCUT2D eigenvalue weighted by molar-refractivity contribution is 0.101. The fraction of sp³-hybridized carbons (Fsp3) is 0.250. The van der Waals surface area contributed by atoms with Gasteiger partial charge in [0.1, 0.15) is 17.0 Å². The summed E-state index contributed by atoms with van der Waals surface area (Å²) in [4.78, 5) is 7.40. The van der Waals surface area contributed by atoms with Crippen molar-refractivity contribution in [2.75, 3.05) is 5.73 Å². The van der Waals surface area contributed by atoms with Crippen molar-refractivity contribution in [3.8, 4) is 17.0 Å². The van der Waals surface area contributed by atoms with Crippen LogP contribution in [0.4, 0.5) is 5.95 Å². The van der Waals surface area contributed by atoms with Gasteiger partial charge in [-0.05, 0) is 26.0 Å². The van der Waals surface area contributed by atoms with Crippen molar-refractivity contribution in [3.05, 3.63) is 30.0 Å². The summed E-state index contributed by atoms with van der Waals surface area (Å²) in [5.41, 5.74) is 8.11. The van der Waals surface area contributed by atoms with Gasteiger partial charge in [-0.2, -0.15) is 0 Å². The van der Waals surface area contributed by atoms with Gasteiger partial charge in [0, 0.05) is 5.56 Å². The summed E-state index contributed by atoms with van der Waals surface area (Å²) in [7, 11) is 0. The molecule has 3 rings (SSSR count). The van der Waals surface area contributed by atoms with Crippen molar-refractivity contribution < 1.29 is 4.74 Å². The molecule has 1 aromatic carbocycles. The van der Waals surface area contributed by atoms with E-state index in [0.29, 0.717) is 5.95 Å². The summed E-state index contributed by atoms with van der Waals surface area (Å²) < 4.78 is 5.93. The van der Waals surface area contributed by atoms with E-state index in [9.17, 15) is 0 Å². The van der Waals surface area contributed by atoms with Crippen molar-refractivity contribution in [1.82, 2.24) is 9.97 Å². The number of aromatic nitrogens is 2. The van der Waals surface area contributed by atoms with Crippen LogP contribution in [0.25, 0.3) is 11.3 Å². The Kier molecular flexibility index (Phi) is 1.61. The molecule has 2 aromatic rings. The predicted molar refractivity (Wildman–Crippen MR) is 62.1 cm³/mol. The number of anilines is 1. The first-order valence-corrected chi connectivity index (χ1v) is 5.22. The largest absolute Gasteiger partial charge is 0.481 e. The molecule has 0 radical (unpaired) electrons. The molecular weight excluding hydrogens is 202 g/mol. The Morgan fingerprint density at radius 3 is 2.88 bits per heavy atom. The lowest BCUT2D eigenvalue weighted by Gasteiger charge is -2.31. The van der Waals surface area contributed by atoms with Crippen molar-refractivity contribution >= 4 is 5.95 Å². The monoisotopic (exact) mass is 215 g/mol. The SMILES string of the molecule is CC1(C)Oc2ccccc2-c2nc(N)[nH]c21. The number of benzene rings is 1. The zero-order valence-electron chi connectivity index (χ0n) is 9.24. The zero-order valence-corrected chi connectivity index (χ0v) is 9.24. The second kappa shape index (κ2) is 2.78. The number of hydrogen-bond donors (Lipinski definition) is 2. The van der Waals surface area contributed by atoms with E-state index in [1.807, 2.05) is 38.1 Å². The zero-order chi connectivity index (χ0) is 11.3. The third-order valence-corrected chi connectivity index (χ3v) is 2.83. The average Bonchev–Trinajstić information content (AvgIpc) is 2.61. The number of nitrogens with two attached hydrogens (primary N) is 1. The second-order valence-corrected chi connectivity index (χ2v) is 4.45. The minimum absolute atomic E-state index is 0.422. The van der Waals surface area contributed by atoms with E-state index < -0.39 is 5.60 Å². The van der Waals surface area contributed by atoms with E-state index in [1.165, 1.54) is 0 Å². The summed E-state index contributed by atoms with van der Waals surface area (Å²) in [6, 6.07) is 7.86. The summed E-state index contributed by atoms with van der Waals surface area (Å²) in [5.74, 6) is 1.28. The molecule has 82 valence electrons. The average molecular weight is 215 g/mol. The van der Waals surface area contributed by atoms with Crippen LogP contribution in [0.15, 0.2) is 24.3 Å². The number of nitrogens with one attached hydrogen (secondary N) is 1. The first-order valence-electron chi connectivity index (χ1n) is 5.22. The lowest BCUT2D eigenvalue weighted by Crippen LogP contribution is -2.29. The van der Waals surface area contributed by atoms with Crippen LogP contribution < -0.4 is 10.5 Å². The molecule has 1 aliphatic rings. The highest BCUT2D eigenvalue weighted by atomic mass is 16.5. The first-order chi connectivity index (χ1) is 7.58. The highest BCUT2D eigenvalue weighted by Crippen LogP contribution is 2.43. The summed E-state index contributed by atoms with van der Waals surface area (Å²) in [6.07, 6.45) is 0. The number of para-hydroxylation sites is 1. The maximum Gasteiger partial charge on any atom is 0.198 e. The Morgan fingerprint density at radius 1 is 1.31 bits per heavy atom. The topological polar surface area (TPSA) is 63.9 Å². The Hall–Kier alpha value is -1.97. The third kappa shape index (κ3) is 1.13. The highest BCUT2D eigenvalue weighted by Gasteiger charge is 2.35. The standard InChI is InChI=1S/C12H13N3O/c1-12(2)10-9(14-11(13)15-10)7-5-3-4-6-8(7)16-12/h3-6H,1-2H3,(H3,13,14,15). The molecule has 1 aliphatic heterocycles. The number of nitrogen functional groups attached to an aromatic ring is 1. The molecule has 0 atom stereocenters. The van der Waals surface area contributed by atoms with Gasteiger partial charge in [0.05, 0.1) is 5.69 Å². The molecule has 4 nitrogen and oxygen atoms in total. The maximum atomic E-state index is 5.93. The molecule has 1 aromatic heterocycles. The summed E-state index contributed by atoms with van der Waals surface area (Å²) >= 11 is 0. The highest BCUT2D eigenvalue weighted by molar-refractivity contribution is 5.73. The molecule has 0 saturated heterocycles.